The van der Waals surface area contributed by atoms with E-state index < -0.39 is 0 Å². The zero-order chi connectivity index (χ0) is 7.40. The molecule has 11 heavy (non-hydrogen) atoms. The van der Waals surface area contributed by atoms with Crippen LogP contribution in [0.15, 0.2) is 30.3 Å². The summed E-state index contributed by atoms with van der Waals surface area (Å²) < 4.78 is 0. The number of hydrogen-bond acceptors (Lipinski definition) is 1. The van der Waals surface area contributed by atoms with Crippen LogP contribution in [0.25, 0.3) is 0 Å². The van der Waals surface area contributed by atoms with Gasteiger partial charge in [0.05, 0.1) is 0 Å². The molecule has 1 nitrogen and oxygen atoms in total. The molecule has 0 spiro atoms. The summed E-state index contributed by atoms with van der Waals surface area (Å²) in [6.45, 7) is 2.09. The predicted molar refractivity (Wildman–Crippen MR) is 50.8 cm³/mol. The molecule has 0 radical (unpaired) electrons. The predicted octanol–water partition coefficient (Wildman–Crippen LogP) is 1.45. The standard InChI is InChI=1S/C9H13N.Li.H/c1-2-9(10)8-6-4-3-5-7-8;;/h3-7,9H,2,10H2,1H3;;. The summed E-state index contributed by atoms with van der Waals surface area (Å²) in [6, 6.07) is 10.4. The molecule has 0 aliphatic rings. The number of benzene rings is 1. The van der Waals surface area contributed by atoms with Gasteiger partial charge in [-0.2, -0.15) is 0 Å². The van der Waals surface area contributed by atoms with Gasteiger partial charge in [-0.15, -0.1) is 0 Å². The average Bonchev–Trinajstić information content (AvgIpc) is 2.05. The van der Waals surface area contributed by atoms with Crippen LogP contribution in [0.2, 0.25) is 0 Å². The first-order chi connectivity index (χ1) is 4.84. The second-order valence-corrected chi connectivity index (χ2v) is 2.43. The molecule has 1 unspecified atom stereocenters. The van der Waals surface area contributed by atoms with E-state index >= 15 is 0 Å². The summed E-state index contributed by atoms with van der Waals surface area (Å²) in [4.78, 5) is 0. The summed E-state index contributed by atoms with van der Waals surface area (Å²) >= 11 is 0. The molecule has 0 aliphatic heterocycles. The Morgan fingerprint density at radius 3 is 2.27 bits per heavy atom. The zero-order valence-electron chi connectivity index (χ0n) is 6.25. The van der Waals surface area contributed by atoms with E-state index in [1.54, 1.807) is 0 Å². The van der Waals surface area contributed by atoms with Crippen molar-refractivity contribution in [3.8, 4) is 0 Å². The molecular formula is C9H14LiN. The first kappa shape index (κ1) is 10.8. The first-order valence-corrected chi connectivity index (χ1v) is 3.65. The molecule has 1 aromatic carbocycles. The van der Waals surface area contributed by atoms with E-state index in [0.717, 1.165) is 6.42 Å². The van der Waals surface area contributed by atoms with Crippen LogP contribution in [0.3, 0.4) is 0 Å². The molecule has 0 saturated heterocycles. The van der Waals surface area contributed by atoms with Crippen LogP contribution >= 0.6 is 0 Å². The van der Waals surface area contributed by atoms with Crippen molar-refractivity contribution in [1.82, 2.24) is 0 Å². The Balaban J connectivity index is 0.000001000. The Hall–Kier alpha value is -0.223. The third-order valence-corrected chi connectivity index (χ3v) is 1.67. The monoisotopic (exact) mass is 143 g/mol. The van der Waals surface area contributed by atoms with Crippen molar-refractivity contribution in [2.75, 3.05) is 0 Å². The van der Waals surface area contributed by atoms with Gasteiger partial charge >= 0.3 is 18.9 Å². The van der Waals surface area contributed by atoms with E-state index in [9.17, 15) is 0 Å². The van der Waals surface area contributed by atoms with Crippen molar-refractivity contribution in [2.24, 2.45) is 5.73 Å². The number of nitrogens with two attached hydrogens (primary N) is 1. The number of rotatable bonds is 2. The molecule has 1 rings (SSSR count). The Morgan fingerprint density at radius 1 is 1.27 bits per heavy atom. The van der Waals surface area contributed by atoms with Gasteiger partial charge in [0, 0.05) is 6.04 Å². The molecule has 0 heterocycles. The molecule has 0 fully saturated rings. The van der Waals surface area contributed by atoms with Crippen molar-refractivity contribution in [1.29, 1.82) is 0 Å². The molecule has 2 heteroatoms. The second kappa shape index (κ2) is 5.43. The molecule has 0 aromatic heterocycles. The van der Waals surface area contributed by atoms with Gasteiger partial charge < -0.3 is 5.73 Å². The van der Waals surface area contributed by atoms with Crippen molar-refractivity contribution in [3.63, 3.8) is 0 Å². The Labute approximate surface area is 80.2 Å². The van der Waals surface area contributed by atoms with E-state index in [-0.39, 0.29) is 24.9 Å². The first-order valence-electron chi connectivity index (χ1n) is 3.65. The van der Waals surface area contributed by atoms with Crippen molar-refractivity contribution in [2.45, 2.75) is 19.4 Å². The van der Waals surface area contributed by atoms with Gasteiger partial charge in [0.15, 0.2) is 0 Å². The van der Waals surface area contributed by atoms with Gasteiger partial charge in [0.2, 0.25) is 0 Å². The van der Waals surface area contributed by atoms with Gasteiger partial charge in [-0.05, 0) is 12.0 Å². The molecule has 1 aromatic rings. The maximum absolute atomic E-state index is 5.79. The Kier molecular flexibility index (Phi) is 5.32. The van der Waals surface area contributed by atoms with E-state index in [2.05, 4.69) is 19.1 Å². The molecule has 0 bridgehead atoms. The average molecular weight is 143 g/mol. The molecular weight excluding hydrogens is 129 g/mol. The minimum absolute atomic E-state index is 0. The van der Waals surface area contributed by atoms with Crippen molar-refractivity contribution >= 4 is 18.9 Å². The van der Waals surface area contributed by atoms with E-state index in [0.29, 0.717) is 0 Å². The van der Waals surface area contributed by atoms with Gasteiger partial charge in [0.1, 0.15) is 0 Å². The Morgan fingerprint density at radius 2 is 1.82 bits per heavy atom. The quantitative estimate of drug-likeness (QED) is 0.623. The molecule has 0 amide bonds. The second-order valence-electron chi connectivity index (χ2n) is 2.43. The SMILES string of the molecule is CCC(N)c1ccccc1.[LiH]. The van der Waals surface area contributed by atoms with Gasteiger partial charge in [-0.3, -0.25) is 0 Å². The summed E-state index contributed by atoms with van der Waals surface area (Å²) in [5.74, 6) is 0. The van der Waals surface area contributed by atoms with E-state index in [1.807, 2.05) is 18.2 Å². The zero-order valence-corrected chi connectivity index (χ0v) is 6.25. The molecule has 1 atom stereocenters. The van der Waals surface area contributed by atoms with Crippen LogP contribution < -0.4 is 5.73 Å². The third-order valence-electron chi connectivity index (χ3n) is 1.67. The molecule has 0 saturated carbocycles. The summed E-state index contributed by atoms with van der Waals surface area (Å²) in [5, 5.41) is 0. The van der Waals surface area contributed by atoms with Gasteiger partial charge in [0.25, 0.3) is 0 Å². The molecule has 0 aliphatic carbocycles. The van der Waals surface area contributed by atoms with Gasteiger partial charge in [-0.1, -0.05) is 37.3 Å². The van der Waals surface area contributed by atoms with Crippen LogP contribution in [0.1, 0.15) is 24.9 Å². The Bertz CT molecular complexity index is 186. The normalized spacial score (nSPS) is 11.8. The molecule has 2 N–H and O–H groups in total. The third kappa shape index (κ3) is 3.12. The van der Waals surface area contributed by atoms with Crippen LogP contribution in [0, 0.1) is 0 Å². The topological polar surface area (TPSA) is 26.0 Å². The van der Waals surface area contributed by atoms with Crippen LogP contribution in [0.5, 0.6) is 0 Å². The van der Waals surface area contributed by atoms with Crippen molar-refractivity contribution in [3.05, 3.63) is 35.9 Å². The fraction of sp³-hybridized carbons (Fsp3) is 0.333. The van der Waals surface area contributed by atoms with Crippen LogP contribution in [-0.2, 0) is 0 Å². The minimum atomic E-state index is 0. The summed E-state index contributed by atoms with van der Waals surface area (Å²) in [5.41, 5.74) is 7.02. The molecule has 56 valence electrons. The summed E-state index contributed by atoms with van der Waals surface area (Å²) in [7, 11) is 0. The van der Waals surface area contributed by atoms with E-state index in [4.69, 9.17) is 5.73 Å². The van der Waals surface area contributed by atoms with Crippen LogP contribution in [-0.4, -0.2) is 18.9 Å². The number of hydrogen-bond donors (Lipinski definition) is 1. The van der Waals surface area contributed by atoms with E-state index in [1.165, 1.54) is 5.56 Å². The van der Waals surface area contributed by atoms with Crippen LogP contribution in [0.4, 0.5) is 0 Å². The fourth-order valence-electron chi connectivity index (χ4n) is 0.936. The fourth-order valence-corrected chi connectivity index (χ4v) is 0.936. The summed E-state index contributed by atoms with van der Waals surface area (Å²) in [6.07, 6.45) is 1.00. The van der Waals surface area contributed by atoms with Crippen molar-refractivity contribution < 1.29 is 0 Å². The maximum atomic E-state index is 5.79. The van der Waals surface area contributed by atoms with Gasteiger partial charge in [-0.25, -0.2) is 0 Å².